The SMILES string of the molecule is CC(C)CN(CCC(=O)O)C(=O)CC1OCCc2ccccc21. The molecule has 1 atom stereocenters. The maximum absolute atomic E-state index is 12.6. The summed E-state index contributed by atoms with van der Waals surface area (Å²) in [5.41, 5.74) is 2.31. The van der Waals surface area contributed by atoms with Crippen molar-refractivity contribution in [2.24, 2.45) is 5.92 Å². The van der Waals surface area contributed by atoms with E-state index in [9.17, 15) is 9.59 Å². The Morgan fingerprint density at radius 2 is 2.09 bits per heavy atom. The van der Waals surface area contributed by atoms with Crippen molar-refractivity contribution in [3.63, 3.8) is 0 Å². The second-order valence-corrected chi connectivity index (χ2v) is 6.39. The van der Waals surface area contributed by atoms with Gasteiger partial charge in [0.2, 0.25) is 5.91 Å². The van der Waals surface area contributed by atoms with Crippen molar-refractivity contribution in [3.05, 3.63) is 35.4 Å². The van der Waals surface area contributed by atoms with Gasteiger partial charge < -0.3 is 14.7 Å². The van der Waals surface area contributed by atoms with Crippen LogP contribution in [0, 0.1) is 5.92 Å². The highest BCUT2D eigenvalue weighted by Crippen LogP contribution is 2.30. The number of nitrogens with zero attached hydrogens (tertiary/aromatic N) is 1. The van der Waals surface area contributed by atoms with Gasteiger partial charge in [-0.3, -0.25) is 9.59 Å². The van der Waals surface area contributed by atoms with Gasteiger partial charge >= 0.3 is 5.97 Å². The van der Waals surface area contributed by atoms with E-state index in [1.165, 1.54) is 5.56 Å². The lowest BCUT2D eigenvalue weighted by molar-refractivity contribution is -0.139. The molecule has 0 saturated heterocycles. The zero-order chi connectivity index (χ0) is 16.8. The van der Waals surface area contributed by atoms with Gasteiger partial charge in [0.25, 0.3) is 0 Å². The molecule has 0 aliphatic carbocycles. The lowest BCUT2D eigenvalue weighted by Crippen LogP contribution is -2.37. The Bertz CT molecular complexity index is 556. The first-order valence-corrected chi connectivity index (χ1v) is 8.16. The van der Waals surface area contributed by atoms with Crippen LogP contribution in [0.15, 0.2) is 24.3 Å². The summed E-state index contributed by atoms with van der Waals surface area (Å²) >= 11 is 0. The summed E-state index contributed by atoms with van der Waals surface area (Å²) in [4.78, 5) is 25.1. The molecule has 0 aromatic heterocycles. The number of fused-ring (bicyclic) bond motifs is 1. The molecule has 126 valence electrons. The standard InChI is InChI=1S/C18H25NO4/c1-13(2)12-19(9-7-18(21)22)17(20)11-16-15-6-4-3-5-14(15)8-10-23-16/h3-6,13,16H,7-12H2,1-2H3,(H,21,22). The fourth-order valence-corrected chi connectivity index (χ4v) is 2.92. The summed E-state index contributed by atoms with van der Waals surface area (Å²) in [6.45, 7) is 5.48. The second kappa shape index (κ2) is 8.11. The van der Waals surface area contributed by atoms with Gasteiger partial charge in [0.05, 0.1) is 25.6 Å². The molecule has 1 amide bonds. The fraction of sp³-hybridized carbons (Fsp3) is 0.556. The molecule has 1 unspecified atom stereocenters. The van der Waals surface area contributed by atoms with E-state index < -0.39 is 5.97 Å². The highest BCUT2D eigenvalue weighted by molar-refractivity contribution is 5.78. The summed E-state index contributed by atoms with van der Waals surface area (Å²) in [6, 6.07) is 8.05. The quantitative estimate of drug-likeness (QED) is 0.839. The van der Waals surface area contributed by atoms with E-state index in [1.54, 1.807) is 4.90 Å². The van der Waals surface area contributed by atoms with E-state index >= 15 is 0 Å². The molecule has 0 fully saturated rings. The minimum atomic E-state index is -0.884. The van der Waals surface area contributed by atoms with Crippen LogP contribution in [0.3, 0.4) is 0 Å². The van der Waals surface area contributed by atoms with E-state index in [-0.39, 0.29) is 31.4 Å². The number of hydrogen-bond acceptors (Lipinski definition) is 3. The molecular weight excluding hydrogens is 294 g/mol. The number of aliphatic carboxylic acids is 1. The normalized spacial score (nSPS) is 16.9. The zero-order valence-electron chi connectivity index (χ0n) is 13.8. The molecule has 5 nitrogen and oxygen atoms in total. The lowest BCUT2D eigenvalue weighted by atomic mass is 9.95. The molecule has 0 spiro atoms. The first kappa shape index (κ1) is 17.5. The van der Waals surface area contributed by atoms with Crippen LogP contribution in [0.4, 0.5) is 0 Å². The Morgan fingerprint density at radius 3 is 2.78 bits per heavy atom. The average Bonchev–Trinajstić information content (AvgIpc) is 2.51. The molecular formula is C18H25NO4. The predicted octanol–water partition coefficient (Wildman–Crippen LogP) is 2.65. The Labute approximate surface area is 137 Å². The predicted molar refractivity (Wildman–Crippen MR) is 87.1 cm³/mol. The Hall–Kier alpha value is -1.88. The molecule has 1 aromatic carbocycles. The number of rotatable bonds is 7. The number of carboxylic acids is 1. The van der Waals surface area contributed by atoms with Gasteiger partial charge in [-0.2, -0.15) is 0 Å². The van der Waals surface area contributed by atoms with Crippen molar-refractivity contribution in [2.45, 2.75) is 39.2 Å². The minimum absolute atomic E-state index is 0.0272. The van der Waals surface area contributed by atoms with Crippen LogP contribution in [-0.2, 0) is 20.7 Å². The Kier molecular flexibility index (Phi) is 6.16. The third-order valence-corrected chi connectivity index (χ3v) is 3.99. The molecule has 5 heteroatoms. The van der Waals surface area contributed by atoms with Crippen LogP contribution in [0.1, 0.15) is 43.9 Å². The molecule has 1 aromatic rings. The molecule has 1 aliphatic rings. The van der Waals surface area contributed by atoms with Gasteiger partial charge in [0, 0.05) is 13.1 Å². The third kappa shape index (κ3) is 5.06. The van der Waals surface area contributed by atoms with Crippen LogP contribution >= 0.6 is 0 Å². The molecule has 1 N–H and O–H groups in total. The Morgan fingerprint density at radius 1 is 1.35 bits per heavy atom. The van der Waals surface area contributed by atoms with Gasteiger partial charge in [0.15, 0.2) is 0 Å². The number of carbonyl (C=O) groups is 2. The number of ether oxygens (including phenoxy) is 1. The van der Waals surface area contributed by atoms with Crippen LogP contribution in [0.25, 0.3) is 0 Å². The smallest absolute Gasteiger partial charge is 0.305 e. The summed E-state index contributed by atoms with van der Waals surface area (Å²) < 4.78 is 5.79. The van der Waals surface area contributed by atoms with Crippen molar-refractivity contribution in [2.75, 3.05) is 19.7 Å². The zero-order valence-corrected chi connectivity index (χ0v) is 13.8. The van der Waals surface area contributed by atoms with Crippen molar-refractivity contribution >= 4 is 11.9 Å². The summed E-state index contributed by atoms with van der Waals surface area (Å²) in [5, 5.41) is 8.87. The highest BCUT2D eigenvalue weighted by atomic mass is 16.5. The second-order valence-electron chi connectivity index (χ2n) is 6.39. The number of benzene rings is 1. The molecule has 1 aliphatic heterocycles. The van der Waals surface area contributed by atoms with Gasteiger partial charge in [0.1, 0.15) is 0 Å². The lowest BCUT2D eigenvalue weighted by Gasteiger charge is -2.29. The van der Waals surface area contributed by atoms with Crippen LogP contribution in [-0.4, -0.2) is 41.6 Å². The number of carbonyl (C=O) groups excluding carboxylic acids is 1. The maximum atomic E-state index is 12.6. The van der Waals surface area contributed by atoms with Crippen molar-refractivity contribution < 1.29 is 19.4 Å². The molecule has 1 heterocycles. The van der Waals surface area contributed by atoms with Gasteiger partial charge in [-0.05, 0) is 23.5 Å². The van der Waals surface area contributed by atoms with Crippen LogP contribution in [0.5, 0.6) is 0 Å². The third-order valence-electron chi connectivity index (χ3n) is 3.99. The molecule has 0 saturated carbocycles. The van der Waals surface area contributed by atoms with Gasteiger partial charge in [-0.25, -0.2) is 0 Å². The van der Waals surface area contributed by atoms with E-state index in [1.807, 2.05) is 32.0 Å². The first-order chi connectivity index (χ1) is 11.0. The molecule has 0 radical (unpaired) electrons. The maximum Gasteiger partial charge on any atom is 0.305 e. The summed E-state index contributed by atoms with van der Waals surface area (Å²) in [6.07, 6.45) is 0.881. The number of amides is 1. The van der Waals surface area contributed by atoms with Crippen molar-refractivity contribution in [1.82, 2.24) is 4.90 Å². The van der Waals surface area contributed by atoms with Crippen molar-refractivity contribution in [3.8, 4) is 0 Å². The Balaban J connectivity index is 2.04. The van der Waals surface area contributed by atoms with Gasteiger partial charge in [-0.1, -0.05) is 38.1 Å². The van der Waals surface area contributed by atoms with E-state index in [0.717, 1.165) is 12.0 Å². The summed E-state index contributed by atoms with van der Waals surface area (Å²) in [7, 11) is 0. The van der Waals surface area contributed by atoms with Crippen LogP contribution in [0.2, 0.25) is 0 Å². The van der Waals surface area contributed by atoms with E-state index in [4.69, 9.17) is 9.84 Å². The molecule has 2 rings (SSSR count). The van der Waals surface area contributed by atoms with Gasteiger partial charge in [-0.15, -0.1) is 0 Å². The topological polar surface area (TPSA) is 66.8 Å². The molecule has 23 heavy (non-hydrogen) atoms. The molecule has 0 bridgehead atoms. The monoisotopic (exact) mass is 319 g/mol. The average molecular weight is 319 g/mol. The first-order valence-electron chi connectivity index (χ1n) is 8.16. The largest absolute Gasteiger partial charge is 0.481 e. The number of carboxylic acid groups (broad SMARTS) is 1. The number of hydrogen-bond donors (Lipinski definition) is 1. The van der Waals surface area contributed by atoms with Crippen molar-refractivity contribution in [1.29, 1.82) is 0 Å². The fourth-order valence-electron chi connectivity index (χ4n) is 2.92. The van der Waals surface area contributed by atoms with Crippen LogP contribution < -0.4 is 0 Å². The summed E-state index contributed by atoms with van der Waals surface area (Å²) in [5.74, 6) is -0.625. The minimum Gasteiger partial charge on any atom is -0.481 e. The van der Waals surface area contributed by atoms with E-state index in [0.29, 0.717) is 19.1 Å². The van der Waals surface area contributed by atoms with E-state index in [2.05, 4.69) is 6.07 Å². The highest BCUT2D eigenvalue weighted by Gasteiger charge is 2.26.